The van der Waals surface area contributed by atoms with Crippen LogP contribution in [0.15, 0.2) is 91.4 Å². The van der Waals surface area contributed by atoms with E-state index in [0.29, 0.717) is 11.3 Å². The van der Waals surface area contributed by atoms with Crippen LogP contribution in [0, 0.1) is 5.41 Å². The van der Waals surface area contributed by atoms with Crippen LogP contribution in [-0.4, -0.2) is 44.9 Å². The summed E-state index contributed by atoms with van der Waals surface area (Å²) in [4.78, 5) is 43.6. The number of H-pyrrole nitrogens is 1. The van der Waals surface area contributed by atoms with Crippen LogP contribution in [0.3, 0.4) is 0 Å². The van der Waals surface area contributed by atoms with Crippen molar-refractivity contribution in [3.8, 4) is 0 Å². The Morgan fingerprint density at radius 2 is 1.56 bits per heavy atom. The van der Waals surface area contributed by atoms with E-state index in [1.54, 1.807) is 30.3 Å². The number of fused-ring (bicyclic) bond motifs is 1. The third-order valence-corrected chi connectivity index (χ3v) is 6.38. The Bertz CT molecular complexity index is 1290. The number of carboxylic acid groups (broad SMARTS) is 1. The number of carbonyl (C=O) groups excluding carboxylic acids is 2. The largest absolute Gasteiger partial charge is 0.480 e. The van der Waals surface area contributed by atoms with Gasteiger partial charge < -0.3 is 26.3 Å². The number of ketones is 1. The molecule has 6 N–H and O–H groups in total. The minimum Gasteiger partial charge on any atom is -0.480 e. The Morgan fingerprint density at radius 3 is 2.06 bits per heavy atom. The average molecular weight is 487 g/mol. The summed E-state index contributed by atoms with van der Waals surface area (Å²) < 4.78 is 5.26. The lowest BCUT2D eigenvalue weighted by Gasteiger charge is -2.50. The van der Waals surface area contributed by atoms with Crippen LogP contribution in [0.25, 0.3) is 10.8 Å². The Balaban J connectivity index is 0.000000251. The van der Waals surface area contributed by atoms with Gasteiger partial charge in [0.2, 0.25) is 0 Å². The molecule has 0 bridgehead atoms. The first-order valence-electron chi connectivity index (χ1n) is 11.3. The zero-order chi connectivity index (χ0) is 25.7. The van der Waals surface area contributed by atoms with Crippen molar-refractivity contribution in [2.24, 2.45) is 16.9 Å². The molecule has 4 atom stereocenters. The molecule has 1 saturated carbocycles. The minimum atomic E-state index is -2.10. The molecule has 0 amide bonds. The predicted octanol–water partition coefficient (Wildman–Crippen LogP) is 2.38. The van der Waals surface area contributed by atoms with E-state index in [-0.39, 0.29) is 6.61 Å². The summed E-state index contributed by atoms with van der Waals surface area (Å²) in [5.74, 6) is -4.23. The van der Waals surface area contributed by atoms with Crippen molar-refractivity contribution in [3.63, 3.8) is 0 Å². The van der Waals surface area contributed by atoms with Crippen LogP contribution in [-0.2, 0) is 25.7 Å². The number of imidazole rings is 1. The number of nitrogens with zero attached hydrogens (tertiary/aromatic N) is 1. The zero-order valence-electron chi connectivity index (χ0n) is 19.3. The number of carbonyl (C=O) groups is 3. The van der Waals surface area contributed by atoms with Gasteiger partial charge in [0.05, 0.1) is 12.4 Å². The Hall–Kier alpha value is -4.34. The molecular weight excluding hydrogens is 460 g/mol. The number of nitrogens with one attached hydrogen (secondary N) is 1. The number of Topliss-reactive ketones (excluding diaryl/α,β-unsaturated/α-hetero) is 1. The lowest BCUT2D eigenvalue weighted by molar-refractivity contribution is -0.179. The second-order valence-corrected chi connectivity index (χ2v) is 8.47. The number of ether oxygens (including phenoxy) is 1. The molecule has 36 heavy (non-hydrogen) atoms. The number of benzene rings is 3. The van der Waals surface area contributed by atoms with Crippen LogP contribution >= 0.6 is 0 Å². The van der Waals surface area contributed by atoms with Gasteiger partial charge in [-0.25, -0.2) is 4.98 Å². The monoisotopic (exact) mass is 486 g/mol. The highest BCUT2D eigenvalue weighted by molar-refractivity contribution is 6.17. The van der Waals surface area contributed by atoms with E-state index in [2.05, 4.69) is 58.5 Å². The van der Waals surface area contributed by atoms with Gasteiger partial charge in [-0.05, 0) is 16.3 Å². The van der Waals surface area contributed by atoms with Crippen molar-refractivity contribution in [2.45, 2.75) is 24.6 Å². The molecule has 1 heterocycles. The lowest BCUT2D eigenvalue weighted by atomic mass is 9.51. The number of carboxylic acids is 1. The van der Waals surface area contributed by atoms with Gasteiger partial charge in [0.15, 0.2) is 11.2 Å². The maximum Gasteiger partial charge on any atom is 0.323 e. The molecule has 9 nitrogen and oxygen atoms in total. The second kappa shape index (κ2) is 10.5. The summed E-state index contributed by atoms with van der Waals surface area (Å²) in [6, 6.07) is 22.6. The molecule has 1 aromatic heterocycles. The molecule has 0 spiro atoms. The maximum absolute atomic E-state index is 12.9. The summed E-state index contributed by atoms with van der Waals surface area (Å²) in [6.07, 6.45) is 2.72. The lowest BCUT2D eigenvalue weighted by Crippen LogP contribution is -2.74. The first kappa shape index (κ1) is 24.8. The zero-order valence-corrected chi connectivity index (χ0v) is 19.3. The second-order valence-electron chi connectivity index (χ2n) is 8.47. The summed E-state index contributed by atoms with van der Waals surface area (Å²) in [5.41, 5.74) is 10.6. The van der Waals surface area contributed by atoms with Crippen molar-refractivity contribution < 1.29 is 24.2 Å². The van der Waals surface area contributed by atoms with E-state index < -0.39 is 41.1 Å². The standard InChI is InChI=1S/C17H18N4O5.C10H8/c18-12-11(10-6-20-8-21-10)17(14(12)22,13(19)15(23)24)16(25)26-7-9-4-2-1-3-5-9;1-2-6-10-8-4-3-7-9(10)5-1/h1-6,8,11-13H,7,18-19H2,(H,20,21)(H,23,24);1-8H/t11?,12?,13-,17?;/m0./s1. The highest BCUT2D eigenvalue weighted by atomic mass is 16.5. The summed E-state index contributed by atoms with van der Waals surface area (Å²) in [7, 11) is 0. The fraction of sp³-hybridized carbons (Fsp3) is 0.185. The van der Waals surface area contributed by atoms with E-state index in [1.807, 2.05) is 0 Å². The quantitative estimate of drug-likeness (QED) is 0.239. The van der Waals surface area contributed by atoms with Gasteiger partial charge in [-0.3, -0.25) is 14.4 Å². The van der Waals surface area contributed by atoms with E-state index in [4.69, 9.17) is 16.2 Å². The molecule has 9 heteroatoms. The predicted molar refractivity (Wildman–Crippen MR) is 133 cm³/mol. The fourth-order valence-electron chi connectivity index (χ4n) is 4.51. The smallest absolute Gasteiger partial charge is 0.323 e. The molecule has 0 saturated heterocycles. The molecular formula is C27H26N4O5. The van der Waals surface area contributed by atoms with Crippen LogP contribution in [0.1, 0.15) is 17.2 Å². The van der Waals surface area contributed by atoms with Gasteiger partial charge in [0, 0.05) is 17.8 Å². The summed E-state index contributed by atoms with van der Waals surface area (Å²) in [6.45, 7) is -0.119. The molecule has 4 aromatic rings. The van der Waals surface area contributed by atoms with Crippen molar-refractivity contribution in [2.75, 3.05) is 0 Å². The van der Waals surface area contributed by atoms with Crippen LogP contribution in [0.5, 0.6) is 0 Å². The first-order chi connectivity index (χ1) is 17.4. The van der Waals surface area contributed by atoms with Crippen molar-refractivity contribution >= 4 is 28.5 Å². The number of aromatic nitrogens is 2. The third-order valence-electron chi connectivity index (χ3n) is 6.38. The number of aliphatic carboxylic acids is 1. The van der Waals surface area contributed by atoms with Gasteiger partial charge in [-0.2, -0.15) is 0 Å². The molecule has 1 aliphatic carbocycles. The van der Waals surface area contributed by atoms with Gasteiger partial charge >= 0.3 is 11.9 Å². The van der Waals surface area contributed by atoms with Crippen molar-refractivity contribution in [1.29, 1.82) is 0 Å². The molecule has 184 valence electrons. The molecule has 1 aliphatic rings. The Morgan fingerprint density at radius 1 is 1.00 bits per heavy atom. The Labute approximate surface area is 207 Å². The van der Waals surface area contributed by atoms with Crippen LogP contribution in [0.4, 0.5) is 0 Å². The number of esters is 1. The molecule has 0 aliphatic heterocycles. The SMILES string of the molecule is NC1C(=O)C(C(=O)OCc2ccccc2)([C@@H](N)C(=O)O)C1c1cnc[nH]1.c1ccc2ccccc2c1. The highest BCUT2D eigenvalue weighted by Gasteiger charge is 2.72. The van der Waals surface area contributed by atoms with Gasteiger partial charge in [-0.1, -0.05) is 78.9 Å². The van der Waals surface area contributed by atoms with Gasteiger partial charge in [0.25, 0.3) is 0 Å². The number of rotatable bonds is 6. The average Bonchev–Trinajstić information content (AvgIpc) is 3.44. The number of nitrogens with two attached hydrogens (primary N) is 2. The van der Waals surface area contributed by atoms with E-state index in [0.717, 1.165) is 0 Å². The van der Waals surface area contributed by atoms with E-state index >= 15 is 0 Å². The molecule has 5 rings (SSSR count). The molecule has 0 radical (unpaired) electrons. The van der Waals surface area contributed by atoms with E-state index in [9.17, 15) is 19.5 Å². The van der Waals surface area contributed by atoms with Gasteiger partial charge in [-0.15, -0.1) is 0 Å². The van der Waals surface area contributed by atoms with E-state index in [1.165, 1.54) is 23.3 Å². The number of hydrogen-bond acceptors (Lipinski definition) is 7. The Kier molecular flexibility index (Phi) is 7.23. The third kappa shape index (κ3) is 4.49. The van der Waals surface area contributed by atoms with Crippen molar-refractivity contribution in [1.82, 2.24) is 9.97 Å². The molecule has 3 unspecified atom stereocenters. The van der Waals surface area contributed by atoms with Crippen LogP contribution < -0.4 is 11.5 Å². The maximum atomic E-state index is 12.9. The van der Waals surface area contributed by atoms with Crippen LogP contribution in [0.2, 0.25) is 0 Å². The topological polar surface area (TPSA) is 161 Å². The van der Waals surface area contributed by atoms with Gasteiger partial charge in [0.1, 0.15) is 12.6 Å². The highest BCUT2D eigenvalue weighted by Crippen LogP contribution is 2.51. The number of aromatic amines is 1. The molecule has 3 aromatic carbocycles. The normalized spacial score (nSPS) is 21.6. The number of hydrogen-bond donors (Lipinski definition) is 4. The minimum absolute atomic E-state index is 0.119. The summed E-state index contributed by atoms with van der Waals surface area (Å²) >= 11 is 0. The summed E-state index contributed by atoms with van der Waals surface area (Å²) in [5, 5.41) is 12.0. The first-order valence-corrected chi connectivity index (χ1v) is 11.3. The molecule has 1 fully saturated rings. The fourth-order valence-corrected chi connectivity index (χ4v) is 4.51. The van der Waals surface area contributed by atoms with Crippen molar-refractivity contribution in [3.05, 3.63) is 103 Å².